The largest absolute Gasteiger partial charge is 0.465 e. The van der Waals surface area contributed by atoms with E-state index in [9.17, 15) is 38.3 Å². The Labute approximate surface area is 232 Å². The molecule has 12 nitrogen and oxygen atoms in total. The van der Waals surface area contributed by atoms with Gasteiger partial charge in [-0.25, -0.2) is 9.18 Å². The maximum Gasteiger partial charge on any atom is 0.405 e. The number of halogens is 1. The molecule has 0 saturated carbocycles. The topological polar surface area (TPSA) is 183 Å². The van der Waals surface area contributed by atoms with Crippen LogP contribution < -0.4 is 26.6 Å². The van der Waals surface area contributed by atoms with Gasteiger partial charge < -0.3 is 31.7 Å². The molecule has 1 aliphatic heterocycles. The van der Waals surface area contributed by atoms with E-state index in [4.69, 9.17) is 0 Å². The fourth-order valence-electron chi connectivity index (χ4n) is 4.34. The summed E-state index contributed by atoms with van der Waals surface area (Å²) in [6, 6.07) is 1.04. The Kier molecular flexibility index (Phi) is 12.0. The van der Waals surface area contributed by atoms with E-state index in [-0.39, 0.29) is 37.1 Å². The first kappa shape index (κ1) is 32.2. The lowest BCUT2D eigenvalue weighted by Gasteiger charge is -2.26. The highest BCUT2D eigenvalue weighted by Crippen LogP contribution is 2.18. The summed E-state index contributed by atoms with van der Waals surface area (Å²) in [5, 5.41) is 21.6. The minimum absolute atomic E-state index is 0.0990. The van der Waals surface area contributed by atoms with Crippen LogP contribution in [0.5, 0.6) is 0 Å². The molecule has 2 rings (SSSR count). The quantitative estimate of drug-likeness (QED) is 0.180. The molecule has 40 heavy (non-hydrogen) atoms. The molecule has 0 aromatic heterocycles. The smallest absolute Gasteiger partial charge is 0.405 e. The number of Topliss-reactive ketones (excluding diaryl/α,β-unsaturated/α-hetero) is 1. The van der Waals surface area contributed by atoms with Crippen LogP contribution in [0, 0.1) is 17.7 Å². The molecule has 1 aliphatic rings. The molecule has 0 aliphatic carbocycles. The number of carbonyl (C=O) groups is 6. The molecule has 3 unspecified atom stereocenters. The molecular weight excluding hydrogens is 525 g/mol. The van der Waals surface area contributed by atoms with Gasteiger partial charge >= 0.3 is 6.09 Å². The molecule has 220 valence electrons. The van der Waals surface area contributed by atoms with Crippen LogP contribution in [-0.2, 0) is 30.4 Å². The van der Waals surface area contributed by atoms with E-state index in [2.05, 4.69) is 26.6 Å². The molecule has 1 heterocycles. The van der Waals surface area contributed by atoms with Crippen molar-refractivity contribution in [1.82, 2.24) is 26.6 Å². The van der Waals surface area contributed by atoms with E-state index in [0.717, 1.165) is 0 Å². The third-order valence-corrected chi connectivity index (χ3v) is 6.27. The zero-order chi connectivity index (χ0) is 30.0. The first-order valence-corrected chi connectivity index (χ1v) is 13.2. The summed E-state index contributed by atoms with van der Waals surface area (Å²) in [7, 11) is 0. The predicted octanol–water partition coefficient (Wildman–Crippen LogP) is 0.640. The molecule has 6 N–H and O–H groups in total. The van der Waals surface area contributed by atoms with Crippen LogP contribution in [0.15, 0.2) is 24.3 Å². The van der Waals surface area contributed by atoms with Crippen molar-refractivity contribution in [2.45, 2.75) is 77.5 Å². The molecule has 0 bridgehead atoms. The zero-order valence-electron chi connectivity index (χ0n) is 23.1. The Hall–Kier alpha value is -4.03. The third-order valence-electron chi connectivity index (χ3n) is 6.27. The van der Waals surface area contributed by atoms with Crippen LogP contribution in [0.25, 0.3) is 0 Å². The standard InChI is InChI=1S/C27H38FN5O7/c1-14(2)11-20(32-25(37)21(33-27(39)40)12-16-5-7-18(28)8-6-16)24(36)31-19(13-17-9-10-29-23(17)35)22(34)26(38)30-15(3)4/h5-8,14-15,17,19-21,33H,9-13H2,1-4H3,(H,29,35)(H,30,38)(H,31,36)(H,32,37)(H,39,40)/t17-,19?,20?,21?/m0/s1. The summed E-state index contributed by atoms with van der Waals surface area (Å²) in [6.07, 6.45) is -1.11. The van der Waals surface area contributed by atoms with E-state index in [1.54, 1.807) is 27.7 Å². The van der Waals surface area contributed by atoms with Crippen LogP contribution in [-0.4, -0.2) is 71.3 Å². The lowest BCUT2D eigenvalue weighted by Crippen LogP contribution is -2.57. The van der Waals surface area contributed by atoms with Crippen LogP contribution in [0.1, 0.15) is 52.5 Å². The molecule has 13 heteroatoms. The van der Waals surface area contributed by atoms with Crippen molar-refractivity contribution in [3.8, 4) is 0 Å². The van der Waals surface area contributed by atoms with Gasteiger partial charge in [0.25, 0.3) is 5.91 Å². The first-order valence-electron chi connectivity index (χ1n) is 13.2. The maximum absolute atomic E-state index is 13.4. The average Bonchev–Trinajstić information content (AvgIpc) is 3.26. The molecule has 1 saturated heterocycles. The van der Waals surface area contributed by atoms with Gasteiger partial charge in [-0.15, -0.1) is 0 Å². The highest BCUT2D eigenvalue weighted by molar-refractivity contribution is 6.38. The van der Waals surface area contributed by atoms with Gasteiger partial charge in [0.1, 0.15) is 17.9 Å². The normalized spacial score (nSPS) is 17.0. The molecule has 5 amide bonds. The summed E-state index contributed by atoms with van der Waals surface area (Å²) < 4.78 is 13.3. The number of carbonyl (C=O) groups excluding carboxylic acids is 5. The monoisotopic (exact) mass is 563 g/mol. The van der Waals surface area contributed by atoms with Gasteiger partial charge in [-0.05, 0) is 56.7 Å². The SMILES string of the molecule is CC(C)CC(NC(=O)C(Cc1ccc(F)cc1)NC(=O)O)C(=O)NC(C[C@@H]1CCNC1=O)C(=O)C(=O)NC(C)C. The first-order chi connectivity index (χ1) is 18.8. The predicted molar refractivity (Wildman–Crippen MR) is 142 cm³/mol. The van der Waals surface area contributed by atoms with Gasteiger partial charge in [-0.2, -0.15) is 0 Å². The Morgan fingerprint density at radius 1 is 0.925 bits per heavy atom. The van der Waals surface area contributed by atoms with Crippen molar-refractivity contribution < 1.29 is 38.3 Å². The second-order valence-corrected chi connectivity index (χ2v) is 10.6. The summed E-state index contributed by atoms with van der Waals surface area (Å²) in [5.74, 6) is -4.85. The van der Waals surface area contributed by atoms with E-state index in [1.165, 1.54) is 24.3 Å². The lowest BCUT2D eigenvalue weighted by molar-refractivity contribution is -0.141. The maximum atomic E-state index is 13.4. The highest BCUT2D eigenvalue weighted by atomic mass is 19.1. The number of nitrogens with one attached hydrogen (secondary N) is 5. The van der Waals surface area contributed by atoms with Crippen LogP contribution in [0.4, 0.5) is 9.18 Å². The third kappa shape index (κ3) is 10.3. The second-order valence-electron chi connectivity index (χ2n) is 10.6. The molecule has 0 spiro atoms. The van der Waals surface area contributed by atoms with E-state index in [1.807, 2.05) is 0 Å². The highest BCUT2D eigenvalue weighted by Gasteiger charge is 2.36. The van der Waals surface area contributed by atoms with E-state index < -0.39 is 59.5 Å². The molecule has 1 aromatic carbocycles. The number of rotatable bonds is 14. The summed E-state index contributed by atoms with van der Waals surface area (Å²) >= 11 is 0. The van der Waals surface area contributed by atoms with Crippen molar-refractivity contribution in [3.05, 3.63) is 35.6 Å². The number of ketones is 1. The Balaban J connectivity index is 2.24. The Bertz CT molecular complexity index is 1090. The van der Waals surface area contributed by atoms with Crippen molar-refractivity contribution in [1.29, 1.82) is 0 Å². The fraction of sp³-hybridized carbons (Fsp3) is 0.556. The minimum Gasteiger partial charge on any atom is -0.465 e. The van der Waals surface area contributed by atoms with Gasteiger partial charge in [0.2, 0.25) is 23.5 Å². The summed E-state index contributed by atoms with van der Waals surface area (Å²) in [6.45, 7) is 7.36. The van der Waals surface area contributed by atoms with Crippen molar-refractivity contribution in [3.63, 3.8) is 0 Å². The number of hydrogen-bond acceptors (Lipinski definition) is 6. The fourth-order valence-corrected chi connectivity index (χ4v) is 4.34. The lowest BCUT2D eigenvalue weighted by atomic mass is 9.94. The van der Waals surface area contributed by atoms with Crippen LogP contribution in [0.3, 0.4) is 0 Å². The van der Waals surface area contributed by atoms with Crippen LogP contribution >= 0.6 is 0 Å². The number of benzene rings is 1. The molecule has 1 fully saturated rings. The van der Waals surface area contributed by atoms with Crippen molar-refractivity contribution in [2.24, 2.45) is 11.8 Å². The van der Waals surface area contributed by atoms with Gasteiger partial charge in [-0.3, -0.25) is 24.0 Å². The average molecular weight is 564 g/mol. The zero-order valence-corrected chi connectivity index (χ0v) is 23.1. The van der Waals surface area contributed by atoms with E-state index in [0.29, 0.717) is 18.5 Å². The Morgan fingerprint density at radius 2 is 1.52 bits per heavy atom. The van der Waals surface area contributed by atoms with Gasteiger partial charge in [0.05, 0.1) is 6.04 Å². The number of carboxylic acid groups (broad SMARTS) is 1. The second kappa shape index (κ2) is 14.9. The minimum atomic E-state index is -1.47. The van der Waals surface area contributed by atoms with Crippen LogP contribution in [0.2, 0.25) is 0 Å². The van der Waals surface area contributed by atoms with Crippen molar-refractivity contribution >= 4 is 35.5 Å². The summed E-state index contributed by atoms with van der Waals surface area (Å²) in [5.41, 5.74) is 0.483. The van der Waals surface area contributed by atoms with Crippen molar-refractivity contribution in [2.75, 3.05) is 6.54 Å². The van der Waals surface area contributed by atoms with Gasteiger partial charge in [-0.1, -0.05) is 26.0 Å². The molecule has 4 atom stereocenters. The number of amides is 5. The van der Waals surface area contributed by atoms with Gasteiger partial charge in [0, 0.05) is 24.9 Å². The summed E-state index contributed by atoms with van der Waals surface area (Å²) in [4.78, 5) is 75.5. The number of hydrogen-bond donors (Lipinski definition) is 6. The van der Waals surface area contributed by atoms with E-state index >= 15 is 0 Å². The molecule has 1 aromatic rings. The molecule has 0 radical (unpaired) electrons. The Morgan fingerprint density at radius 3 is 2.05 bits per heavy atom. The molecular formula is C27H38FN5O7. The van der Waals surface area contributed by atoms with Gasteiger partial charge in [0.15, 0.2) is 0 Å².